The molecule has 0 amide bonds. The summed E-state index contributed by atoms with van der Waals surface area (Å²) in [5.41, 5.74) is 2.82. The Kier molecular flexibility index (Phi) is 5.14. The molecule has 0 aromatic heterocycles. The lowest BCUT2D eigenvalue weighted by Gasteiger charge is -2.10. The molecule has 1 heterocycles. The van der Waals surface area contributed by atoms with Crippen molar-refractivity contribution in [3.63, 3.8) is 0 Å². The standard InChI is InChI=1S/C12H14N.C2H4O2/c1-2-8-13-9-7-11-5-3-4-6-12(11)10-13;1-2(3)4/h2-6,10H,1,7-9H2;1H3,(H,3,4)/q+1;/p-1. The fourth-order valence-corrected chi connectivity index (χ4v) is 1.72. The fourth-order valence-electron chi connectivity index (χ4n) is 1.72. The van der Waals surface area contributed by atoms with Crippen molar-refractivity contribution >= 4 is 12.2 Å². The number of hydrogen-bond acceptors (Lipinski definition) is 2. The second-order valence-electron chi connectivity index (χ2n) is 3.85. The first-order chi connectivity index (χ1) is 8.13. The topological polar surface area (TPSA) is 43.1 Å². The van der Waals surface area contributed by atoms with E-state index in [1.165, 1.54) is 11.1 Å². The number of hydrogen-bond donors (Lipinski definition) is 0. The van der Waals surface area contributed by atoms with Crippen LogP contribution in [0.15, 0.2) is 36.9 Å². The van der Waals surface area contributed by atoms with Crippen molar-refractivity contribution in [3.8, 4) is 0 Å². The number of fused-ring (bicyclic) bond motifs is 1. The highest BCUT2D eigenvalue weighted by Crippen LogP contribution is 2.10. The van der Waals surface area contributed by atoms with Gasteiger partial charge < -0.3 is 9.90 Å². The summed E-state index contributed by atoms with van der Waals surface area (Å²) in [6.07, 6.45) is 5.32. The van der Waals surface area contributed by atoms with Gasteiger partial charge in [0.1, 0.15) is 6.54 Å². The Balaban J connectivity index is 0.000000317. The average Bonchev–Trinajstić information content (AvgIpc) is 2.29. The highest BCUT2D eigenvalue weighted by Gasteiger charge is 2.12. The first-order valence-corrected chi connectivity index (χ1v) is 5.58. The van der Waals surface area contributed by atoms with Gasteiger partial charge in [-0.05, 0) is 24.6 Å². The number of nitrogens with zero attached hydrogens (tertiary/aromatic N) is 1. The van der Waals surface area contributed by atoms with Crippen LogP contribution < -0.4 is 5.11 Å². The number of carboxylic acids is 1. The van der Waals surface area contributed by atoms with Crippen molar-refractivity contribution in [2.24, 2.45) is 0 Å². The van der Waals surface area contributed by atoms with E-state index in [2.05, 4.69) is 41.6 Å². The number of carboxylic acid groups (broad SMARTS) is 1. The van der Waals surface area contributed by atoms with Gasteiger partial charge in [0.25, 0.3) is 0 Å². The number of benzene rings is 1. The summed E-state index contributed by atoms with van der Waals surface area (Å²) in [6.45, 7) is 6.79. The van der Waals surface area contributed by atoms with Crippen molar-refractivity contribution in [3.05, 3.63) is 48.0 Å². The predicted molar refractivity (Wildman–Crippen MR) is 66.2 cm³/mol. The summed E-state index contributed by atoms with van der Waals surface area (Å²) < 4.78 is 2.30. The predicted octanol–water partition coefficient (Wildman–Crippen LogP) is 0.616. The Hall–Kier alpha value is -1.90. The molecule has 1 aromatic carbocycles. The lowest BCUT2D eigenvalue weighted by atomic mass is 10.0. The van der Waals surface area contributed by atoms with Gasteiger partial charge >= 0.3 is 0 Å². The largest absolute Gasteiger partial charge is 0.550 e. The molecule has 2 rings (SSSR count). The van der Waals surface area contributed by atoms with Gasteiger partial charge in [0.15, 0.2) is 12.8 Å². The van der Waals surface area contributed by atoms with E-state index < -0.39 is 5.97 Å². The van der Waals surface area contributed by atoms with E-state index in [1.807, 2.05) is 6.08 Å². The SMILES string of the molecule is C=CC[N+]1=Cc2ccccc2CC1.CC(=O)[O-]. The Morgan fingerprint density at radius 1 is 1.53 bits per heavy atom. The van der Waals surface area contributed by atoms with Crippen LogP contribution in [0, 0.1) is 0 Å². The molecule has 1 aliphatic heterocycles. The molecule has 0 bridgehead atoms. The van der Waals surface area contributed by atoms with E-state index in [-0.39, 0.29) is 0 Å². The smallest absolute Gasteiger partial charge is 0.171 e. The normalized spacial score (nSPS) is 12.6. The minimum Gasteiger partial charge on any atom is -0.550 e. The van der Waals surface area contributed by atoms with E-state index in [0.29, 0.717) is 0 Å². The maximum atomic E-state index is 8.89. The number of carbonyl (C=O) groups excluding carboxylic acids is 1. The van der Waals surface area contributed by atoms with Crippen molar-refractivity contribution in [1.82, 2.24) is 0 Å². The third-order valence-corrected chi connectivity index (χ3v) is 2.41. The summed E-state index contributed by atoms with van der Waals surface area (Å²) >= 11 is 0. The van der Waals surface area contributed by atoms with Crippen LogP contribution in [0.5, 0.6) is 0 Å². The van der Waals surface area contributed by atoms with Gasteiger partial charge in [-0.2, -0.15) is 0 Å². The monoisotopic (exact) mass is 231 g/mol. The zero-order valence-electron chi connectivity index (χ0n) is 10.1. The molecule has 0 unspecified atom stereocenters. The Bertz CT molecular complexity index is 432. The molecule has 0 saturated heterocycles. The average molecular weight is 231 g/mol. The Morgan fingerprint density at radius 3 is 2.82 bits per heavy atom. The highest BCUT2D eigenvalue weighted by atomic mass is 16.4. The van der Waals surface area contributed by atoms with Gasteiger partial charge in [-0.1, -0.05) is 24.8 Å². The van der Waals surface area contributed by atoms with Crippen LogP contribution >= 0.6 is 0 Å². The van der Waals surface area contributed by atoms with E-state index in [1.54, 1.807) is 0 Å². The summed E-state index contributed by atoms with van der Waals surface area (Å²) in [7, 11) is 0. The van der Waals surface area contributed by atoms with Crippen LogP contribution in [0.1, 0.15) is 18.1 Å². The molecule has 0 saturated carbocycles. The van der Waals surface area contributed by atoms with Crippen molar-refractivity contribution in [2.45, 2.75) is 13.3 Å². The van der Waals surface area contributed by atoms with Gasteiger partial charge in [0.2, 0.25) is 0 Å². The second-order valence-corrected chi connectivity index (χ2v) is 3.85. The van der Waals surface area contributed by atoms with Crippen LogP contribution in [-0.4, -0.2) is 29.8 Å². The third kappa shape index (κ3) is 4.64. The first-order valence-electron chi connectivity index (χ1n) is 5.58. The van der Waals surface area contributed by atoms with Gasteiger partial charge in [-0.15, -0.1) is 0 Å². The van der Waals surface area contributed by atoms with Gasteiger partial charge in [-0.25, -0.2) is 4.58 Å². The molecule has 0 spiro atoms. The van der Waals surface area contributed by atoms with Crippen molar-refractivity contribution in [1.29, 1.82) is 0 Å². The van der Waals surface area contributed by atoms with Crippen LogP contribution in [0.25, 0.3) is 0 Å². The maximum absolute atomic E-state index is 8.89. The van der Waals surface area contributed by atoms with Crippen LogP contribution in [0.4, 0.5) is 0 Å². The number of aliphatic carboxylic acids is 1. The molecular formula is C14H17NO2. The lowest BCUT2D eigenvalue weighted by molar-refractivity contribution is -0.513. The molecule has 3 nitrogen and oxygen atoms in total. The third-order valence-electron chi connectivity index (χ3n) is 2.41. The quantitative estimate of drug-likeness (QED) is 0.553. The summed E-state index contributed by atoms with van der Waals surface area (Å²) in [4.78, 5) is 8.89. The van der Waals surface area contributed by atoms with Crippen LogP contribution in [0.2, 0.25) is 0 Å². The zero-order valence-corrected chi connectivity index (χ0v) is 10.1. The van der Waals surface area contributed by atoms with Gasteiger partial charge in [0, 0.05) is 18.0 Å². The molecule has 0 N–H and O–H groups in total. The zero-order chi connectivity index (χ0) is 12.7. The molecule has 0 atom stereocenters. The number of rotatable bonds is 2. The van der Waals surface area contributed by atoms with E-state index in [4.69, 9.17) is 9.90 Å². The summed E-state index contributed by atoms with van der Waals surface area (Å²) in [5, 5.41) is 8.89. The van der Waals surface area contributed by atoms with E-state index in [9.17, 15) is 0 Å². The molecule has 1 aliphatic rings. The summed E-state index contributed by atoms with van der Waals surface area (Å²) in [6, 6.07) is 8.57. The maximum Gasteiger partial charge on any atom is 0.171 e. The molecule has 17 heavy (non-hydrogen) atoms. The van der Waals surface area contributed by atoms with Crippen molar-refractivity contribution < 1.29 is 14.5 Å². The van der Waals surface area contributed by atoms with Gasteiger partial charge in [-0.3, -0.25) is 0 Å². The van der Waals surface area contributed by atoms with Crippen molar-refractivity contribution in [2.75, 3.05) is 13.1 Å². The highest BCUT2D eigenvalue weighted by molar-refractivity contribution is 5.78. The molecule has 0 radical (unpaired) electrons. The Labute approximate surface area is 102 Å². The molecule has 90 valence electrons. The fraction of sp³-hybridized carbons (Fsp3) is 0.286. The Morgan fingerprint density at radius 2 is 2.18 bits per heavy atom. The number of carbonyl (C=O) groups is 1. The lowest BCUT2D eigenvalue weighted by Crippen LogP contribution is -2.22. The molecular weight excluding hydrogens is 214 g/mol. The van der Waals surface area contributed by atoms with Gasteiger partial charge in [0.05, 0.1) is 0 Å². The molecule has 3 heteroatoms. The first kappa shape index (κ1) is 13.2. The summed E-state index contributed by atoms with van der Waals surface area (Å²) in [5.74, 6) is -1.08. The second kappa shape index (κ2) is 6.63. The molecule has 0 aliphatic carbocycles. The van der Waals surface area contributed by atoms with E-state index in [0.717, 1.165) is 26.4 Å². The molecule has 0 fully saturated rings. The van der Waals surface area contributed by atoms with Crippen LogP contribution in [-0.2, 0) is 11.2 Å². The van der Waals surface area contributed by atoms with E-state index >= 15 is 0 Å². The minimum absolute atomic E-state index is 0.953. The molecule has 1 aromatic rings. The van der Waals surface area contributed by atoms with Crippen LogP contribution in [0.3, 0.4) is 0 Å². The minimum atomic E-state index is -1.08.